The van der Waals surface area contributed by atoms with E-state index in [-0.39, 0.29) is 15.8 Å². The highest BCUT2D eigenvalue weighted by Crippen LogP contribution is 2.33. The largest absolute Gasteiger partial charge is 0.493 e. The molecule has 0 N–H and O–H groups in total. The van der Waals surface area contributed by atoms with Crippen molar-refractivity contribution < 1.29 is 9.53 Å². The summed E-state index contributed by atoms with van der Waals surface area (Å²) < 4.78 is 5.51. The van der Waals surface area contributed by atoms with Gasteiger partial charge in [-0.2, -0.15) is 0 Å². The smallest absolute Gasteiger partial charge is 0.187 e. The Hall–Kier alpha value is -1.48. The zero-order valence-corrected chi connectivity index (χ0v) is 14.0. The first-order valence-electron chi connectivity index (χ1n) is 6.62. The number of carbonyl (C=O) groups excluding carboxylic acids is 1. The van der Waals surface area contributed by atoms with Crippen LogP contribution in [0.5, 0.6) is 5.75 Å². The fraction of sp³-hybridized carbons (Fsp3) is 0.118. The van der Waals surface area contributed by atoms with Gasteiger partial charge in [0, 0.05) is 11.1 Å². The van der Waals surface area contributed by atoms with Crippen molar-refractivity contribution in [1.82, 2.24) is 0 Å². The van der Waals surface area contributed by atoms with E-state index in [1.165, 1.54) is 6.08 Å². The molecule has 0 aliphatic carbocycles. The summed E-state index contributed by atoms with van der Waals surface area (Å²) in [6, 6.07) is 10.6. The van der Waals surface area contributed by atoms with E-state index in [9.17, 15) is 4.79 Å². The topological polar surface area (TPSA) is 26.3 Å². The molecule has 0 aliphatic heterocycles. The first-order chi connectivity index (χ1) is 10.5. The molecule has 0 spiro atoms. The summed E-state index contributed by atoms with van der Waals surface area (Å²) in [7, 11) is 0. The number of para-hydroxylation sites is 1. The summed E-state index contributed by atoms with van der Waals surface area (Å²) in [5, 5.41) is 0.646. The van der Waals surface area contributed by atoms with Crippen LogP contribution >= 0.6 is 34.8 Å². The molecule has 2 nitrogen and oxygen atoms in total. The summed E-state index contributed by atoms with van der Waals surface area (Å²) in [4.78, 5) is 12.3. The van der Waals surface area contributed by atoms with Crippen molar-refractivity contribution in [3.63, 3.8) is 0 Å². The van der Waals surface area contributed by atoms with Gasteiger partial charge in [-0.05, 0) is 37.3 Å². The molecule has 0 saturated carbocycles. The minimum Gasteiger partial charge on any atom is -0.493 e. The Bertz CT molecular complexity index is 724. The average Bonchev–Trinajstić information content (AvgIpc) is 2.52. The molecular formula is C17H13Cl3O2. The fourth-order valence-corrected chi connectivity index (χ4v) is 2.51. The summed E-state index contributed by atoms with van der Waals surface area (Å²) in [5.41, 5.74) is 1.12. The molecule has 0 heterocycles. The second-order valence-corrected chi connectivity index (χ2v) is 5.55. The van der Waals surface area contributed by atoms with Crippen LogP contribution in [0.2, 0.25) is 15.1 Å². The number of rotatable bonds is 5. The highest BCUT2D eigenvalue weighted by molar-refractivity contribution is 6.49. The molecule has 0 aromatic heterocycles. The van der Waals surface area contributed by atoms with E-state index in [0.29, 0.717) is 22.9 Å². The molecule has 2 rings (SSSR count). The summed E-state index contributed by atoms with van der Waals surface area (Å²) in [5.74, 6) is 0.462. The van der Waals surface area contributed by atoms with Gasteiger partial charge in [0.2, 0.25) is 0 Å². The second-order valence-electron chi connectivity index (χ2n) is 4.39. The van der Waals surface area contributed by atoms with Gasteiger partial charge in [0.15, 0.2) is 5.78 Å². The molecule has 0 radical (unpaired) electrons. The van der Waals surface area contributed by atoms with Crippen molar-refractivity contribution in [3.8, 4) is 5.75 Å². The Balaban J connectivity index is 2.28. The Morgan fingerprint density at radius 3 is 2.55 bits per heavy atom. The normalized spacial score (nSPS) is 10.9. The first kappa shape index (κ1) is 16.9. The number of hydrogen-bond donors (Lipinski definition) is 0. The molecule has 0 fully saturated rings. The Morgan fingerprint density at radius 2 is 1.82 bits per heavy atom. The summed E-state index contributed by atoms with van der Waals surface area (Å²) in [6.07, 6.45) is 3.12. The van der Waals surface area contributed by atoms with E-state index in [1.807, 2.05) is 31.2 Å². The molecule has 0 amide bonds. The Morgan fingerprint density at radius 1 is 1.09 bits per heavy atom. The highest BCUT2D eigenvalue weighted by atomic mass is 35.5. The van der Waals surface area contributed by atoms with Crippen LogP contribution < -0.4 is 4.74 Å². The molecular weight excluding hydrogens is 343 g/mol. The van der Waals surface area contributed by atoms with Crippen LogP contribution in [0.15, 0.2) is 42.5 Å². The molecule has 2 aromatic rings. The number of carbonyl (C=O) groups is 1. The Labute approximate surface area is 144 Å². The van der Waals surface area contributed by atoms with Crippen molar-refractivity contribution in [2.75, 3.05) is 6.61 Å². The Kier molecular flexibility index (Phi) is 5.90. The fourth-order valence-electron chi connectivity index (χ4n) is 1.88. The van der Waals surface area contributed by atoms with Gasteiger partial charge in [0.25, 0.3) is 0 Å². The number of ketones is 1. The second kappa shape index (κ2) is 7.68. The lowest BCUT2D eigenvalue weighted by Crippen LogP contribution is -1.97. The van der Waals surface area contributed by atoms with Crippen molar-refractivity contribution in [2.24, 2.45) is 0 Å². The van der Waals surface area contributed by atoms with Crippen LogP contribution in [-0.2, 0) is 0 Å². The summed E-state index contributed by atoms with van der Waals surface area (Å²) in [6.45, 7) is 2.46. The van der Waals surface area contributed by atoms with Gasteiger partial charge < -0.3 is 4.74 Å². The molecule has 0 bridgehead atoms. The maximum absolute atomic E-state index is 12.3. The van der Waals surface area contributed by atoms with Gasteiger partial charge in [-0.25, -0.2) is 0 Å². The number of allylic oxidation sites excluding steroid dienone is 1. The maximum atomic E-state index is 12.3. The molecule has 22 heavy (non-hydrogen) atoms. The minimum atomic E-state index is -0.255. The van der Waals surface area contributed by atoms with Crippen molar-refractivity contribution in [1.29, 1.82) is 0 Å². The van der Waals surface area contributed by atoms with Crippen LogP contribution in [-0.4, -0.2) is 12.4 Å². The molecule has 0 atom stereocenters. The van der Waals surface area contributed by atoms with E-state index in [2.05, 4.69) is 0 Å². The third kappa shape index (κ3) is 3.83. The van der Waals surface area contributed by atoms with Crippen LogP contribution in [0.25, 0.3) is 6.08 Å². The van der Waals surface area contributed by atoms with Gasteiger partial charge in [0.05, 0.1) is 21.7 Å². The van der Waals surface area contributed by atoms with Crippen LogP contribution in [0.1, 0.15) is 22.8 Å². The standard InChI is InChI=1S/C17H13Cl3O2/c1-2-22-15-6-4-3-5-11(15)7-10-14(21)12-8-9-13(18)17(20)16(12)19/h3-10H,2H2,1H3/b10-7+. The highest BCUT2D eigenvalue weighted by Gasteiger charge is 2.13. The molecule has 5 heteroatoms. The number of benzene rings is 2. The SMILES string of the molecule is CCOc1ccccc1/C=C/C(=O)c1ccc(Cl)c(Cl)c1Cl. The number of ether oxygens (including phenoxy) is 1. The van der Waals surface area contributed by atoms with Gasteiger partial charge in [0.1, 0.15) is 5.75 Å². The summed E-state index contributed by atoms with van der Waals surface area (Å²) >= 11 is 17.9. The van der Waals surface area contributed by atoms with E-state index in [1.54, 1.807) is 18.2 Å². The van der Waals surface area contributed by atoms with Crippen molar-refractivity contribution in [2.45, 2.75) is 6.92 Å². The monoisotopic (exact) mass is 354 g/mol. The lowest BCUT2D eigenvalue weighted by molar-refractivity contribution is 0.104. The molecule has 114 valence electrons. The number of halogens is 3. The predicted octanol–water partition coefficient (Wildman–Crippen LogP) is 5.94. The minimum absolute atomic E-state index is 0.155. The third-order valence-corrected chi connectivity index (χ3v) is 4.23. The average molecular weight is 356 g/mol. The van der Waals surface area contributed by atoms with Crippen LogP contribution in [0, 0.1) is 0 Å². The lowest BCUT2D eigenvalue weighted by Gasteiger charge is -2.06. The van der Waals surface area contributed by atoms with Crippen LogP contribution in [0.3, 0.4) is 0 Å². The molecule has 0 aliphatic rings. The third-order valence-electron chi connectivity index (χ3n) is 2.93. The predicted molar refractivity (Wildman–Crippen MR) is 92.4 cm³/mol. The maximum Gasteiger partial charge on any atom is 0.187 e. The van der Waals surface area contributed by atoms with Gasteiger partial charge in [-0.3, -0.25) is 4.79 Å². The van der Waals surface area contributed by atoms with Crippen molar-refractivity contribution in [3.05, 3.63) is 68.7 Å². The van der Waals surface area contributed by atoms with Gasteiger partial charge in [-0.1, -0.05) is 53.0 Å². The zero-order chi connectivity index (χ0) is 16.1. The van der Waals surface area contributed by atoms with E-state index in [4.69, 9.17) is 39.5 Å². The van der Waals surface area contributed by atoms with E-state index >= 15 is 0 Å². The van der Waals surface area contributed by atoms with E-state index in [0.717, 1.165) is 5.56 Å². The van der Waals surface area contributed by atoms with Crippen molar-refractivity contribution >= 4 is 46.7 Å². The lowest BCUT2D eigenvalue weighted by atomic mass is 10.1. The molecule has 0 saturated heterocycles. The van der Waals surface area contributed by atoms with Crippen LogP contribution in [0.4, 0.5) is 0 Å². The zero-order valence-electron chi connectivity index (χ0n) is 11.8. The van der Waals surface area contributed by atoms with E-state index < -0.39 is 0 Å². The molecule has 0 unspecified atom stereocenters. The molecule has 2 aromatic carbocycles. The quantitative estimate of drug-likeness (QED) is 0.377. The van der Waals surface area contributed by atoms with Gasteiger partial charge in [-0.15, -0.1) is 0 Å². The first-order valence-corrected chi connectivity index (χ1v) is 7.75. The van der Waals surface area contributed by atoms with Gasteiger partial charge >= 0.3 is 0 Å². The number of hydrogen-bond acceptors (Lipinski definition) is 2.